The maximum absolute atomic E-state index is 11.8. The summed E-state index contributed by atoms with van der Waals surface area (Å²) in [4.78, 5) is 16.0. The number of nitrogens with one attached hydrogen (secondary N) is 3. The van der Waals surface area contributed by atoms with Gasteiger partial charge in [0.25, 0.3) is 0 Å². The average molecular weight is 306 g/mol. The lowest BCUT2D eigenvalue weighted by atomic mass is 9.90. The van der Waals surface area contributed by atoms with Crippen molar-refractivity contribution in [1.82, 2.24) is 10.6 Å². The highest BCUT2D eigenvalue weighted by Gasteiger charge is 2.24. The number of benzene rings is 1. The van der Waals surface area contributed by atoms with Gasteiger partial charge in [-0.05, 0) is 17.9 Å². The molecule has 0 aromatic heterocycles. The fraction of sp³-hybridized carbons (Fsp3) is 0.467. The third-order valence-corrected chi connectivity index (χ3v) is 4.06. The molecule has 0 saturated carbocycles. The Morgan fingerprint density at radius 3 is 3.00 bits per heavy atom. The van der Waals surface area contributed by atoms with E-state index in [2.05, 4.69) is 33.3 Å². The molecular weight excluding hydrogens is 284 g/mol. The number of aliphatic imine (C=N–C) groups is 1. The van der Waals surface area contributed by atoms with Crippen LogP contribution < -0.4 is 16.0 Å². The molecule has 0 spiro atoms. The number of anilines is 1. The second kappa shape index (κ2) is 7.93. The summed E-state index contributed by atoms with van der Waals surface area (Å²) in [7, 11) is 1.76. The molecule has 1 unspecified atom stereocenters. The van der Waals surface area contributed by atoms with Crippen LogP contribution in [-0.2, 0) is 4.79 Å². The van der Waals surface area contributed by atoms with Gasteiger partial charge < -0.3 is 16.0 Å². The lowest BCUT2D eigenvalue weighted by molar-refractivity contribution is -0.116. The molecule has 114 valence electrons. The van der Waals surface area contributed by atoms with Crippen molar-refractivity contribution < 1.29 is 4.79 Å². The summed E-state index contributed by atoms with van der Waals surface area (Å²) in [5.41, 5.74) is 2.11. The van der Waals surface area contributed by atoms with Gasteiger partial charge in [0.05, 0.1) is 0 Å². The van der Waals surface area contributed by atoms with Gasteiger partial charge in [-0.3, -0.25) is 9.79 Å². The largest absolute Gasteiger partial charge is 0.356 e. The number of amides is 1. The fourth-order valence-corrected chi connectivity index (χ4v) is 2.70. The molecule has 21 heavy (non-hydrogen) atoms. The Hall–Kier alpha value is -1.69. The molecule has 0 bridgehead atoms. The summed E-state index contributed by atoms with van der Waals surface area (Å²) in [6.45, 7) is 1.58. The summed E-state index contributed by atoms with van der Waals surface area (Å²) in [5.74, 6) is 2.07. The second-order valence-corrected chi connectivity index (χ2v) is 5.89. The van der Waals surface area contributed by atoms with Gasteiger partial charge in [0.1, 0.15) is 0 Å². The predicted octanol–water partition coefficient (Wildman–Crippen LogP) is 1.64. The molecule has 0 radical (unpaired) electrons. The van der Waals surface area contributed by atoms with Gasteiger partial charge in [0.2, 0.25) is 5.91 Å². The molecule has 2 rings (SSSR count). The van der Waals surface area contributed by atoms with E-state index in [4.69, 9.17) is 0 Å². The predicted molar refractivity (Wildman–Crippen MR) is 90.2 cm³/mol. The van der Waals surface area contributed by atoms with Crippen molar-refractivity contribution in [3.63, 3.8) is 0 Å². The Bertz CT molecular complexity index is 518. The summed E-state index contributed by atoms with van der Waals surface area (Å²) >= 11 is 1.79. The maximum atomic E-state index is 11.8. The Morgan fingerprint density at radius 1 is 1.43 bits per heavy atom. The molecule has 6 heteroatoms. The molecule has 1 aromatic rings. The van der Waals surface area contributed by atoms with E-state index < -0.39 is 0 Å². The van der Waals surface area contributed by atoms with Crippen molar-refractivity contribution in [3.05, 3.63) is 29.8 Å². The first-order valence-corrected chi connectivity index (χ1v) is 8.46. The number of carbonyl (C=O) groups is 1. The second-order valence-electron chi connectivity index (χ2n) is 4.91. The van der Waals surface area contributed by atoms with Crippen LogP contribution in [0.3, 0.4) is 0 Å². The van der Waals surface area contributed by atoms with Crippen LogP contribution in [0.2, 0.25) is 0 Å². The van der Waals surface area contributed by atoms with Crippen molar-refractivity contribution >= 4 is 29.3 Å². The van der Waals surface area contributed by atoms with Gasteiger partial charge in [-0.1, -0.05) is 18.2 Å². The molecule has 5 nitrogen and oxygen atoms in total. The third-order valence-electron chi connectivity index (χ3n) is 3.44. The highest BCUT2D eigenvalue weighted by Crippen LogP contribution is 2.31. The lowest BCUT2D eigenvalue weighted by Crippen LogP contribution is -2.41. The first-order valence-electron chi connectivity index (χ1n) is 7.07. The van der Waals surface area contributed by atoms with Crippen molar-refractivity contribution in [3.8, 4) is 0 Å². The Kier molecular flexibility index (Phi) is 5.92. The van der Waals surface area contributed by atoms with Crippen LogP contribution in [0.15, 0.2) is 29.3 Å². The van der Waals surface area contributed by atoms with Crippen molar-refractivity contribution in [1.29, 1.82) is 0 Å². The van der Waals surface area contributed by atoms with Crippen LogP contribution in [0.25, 0.3) is 0 Å². The van der Waals surface area contributed by atoms with E-state index in [1.54, 1.807) is 18.8 Å². The van der Waals surface area contributed by atoms with Crippen LogP contribution >= 0.6 is 11.8 Å². The molecule has 1 aliphatic heterocycles. The van der Waals surface area contributed by atoms with Gasteiger partial charge in [-0.15, -0.1) is 0 Å². The molecule has 0 aliphatic carbocycles. The summed E-state index contributed by atoms with van der Waals surface area (Å²) < 4.78 is 0. The molecule has 3 N–H and O–H groups in total. The van der Waals surface area contributed by atoms with E-state index in [1.807, 2.05) is 18.2 Å². The maximum Gasteiger partial charge on any atom is 0.225 e. The molecule has 0 saturated heterocycles. The number of hydrogen-bond donors (Lipinski definition) is 3. The van der Waals surface area contributed by atoms with Gasteiger partial charge in [0, 0.05) is 43.9 Å². The molecule has 1 aromatic carbocycles. The topological polar surface area (TPSA) is 65.5 Å². The van der Waals surface area contributed by atoms with E-state index in [0.29, 0.717) is 13.0 Å². The standard InChI is InChI=1S/C15H22N4OS/c1-16-15(17-7-8-21-2)18-10-11-9-14(20)19-13-6-4-3-5-12(11)13/h3-6,11H,7-10H2,1-2H3,(H,19,20)(H2,16,17,18). The zero-order valence-electron chi connectivity index (χ0n) is 12.5. The van der Waals surface area contributed by atoms with Gasteiger partial charge in [-0.25, -0.2) is 0 Å². The van der Waals surface area contributed by atoms with Crippen molar-refractivity contribution in [2.75, 3.05) is 37.5 Å². The fourth-order valence-electron chi connectivity index (χ4n) is 2.40. The van der Waals surface area contributed by atoms with Gasteiger partial charge >= 0.3 is 0 Å². The monoisotopic (exact) mass is 306 g/mol. The number of hydrogen-bond acceptors (Lipinski definition) is 3. The van der Waals surface area contributed by atoms with Crippen LogP contribution in [-0.4, -0.2) is 44.0 Å². The van der Waals surface area contributed by atoms with Crippen LogP contribution in [0.4, 0.5) is 5.69 Å². The zero-order valence-corrected chi connectivity index (χ0v) is 13.3. The minimum absolute atomic E-state index is 0.0748. The molecule has 1 amide bonds. The molecule has 1 aliphatic rings. The zero-order chi connectivity index (χ0) is 15.1. The van der Waals surface area contributed by atoms with Gasteiger partial charge in [-0.2, -0.15) is 11.8 Å². The number of fused-ring (bicyclic) bond motifs is 1. The number of para-hydroxylation sites is 1. The first kappa shape index (κ1) is 15.7. The van der Waals surface area contributed by atoms with Crippen LogP contribution in [0.5, 0.6) is 0 Å². The third kappa shape index (κ3) is 4.39. The molecule has 1 atom stereocenters. The molecular formula is C15H22N4OS. The normalized spacial score (nSPS) is 17.9. The summed E-state index contributed by atoms with van der Waals surface area (Å²) in [6, 6.07) is 7.97. The highest BCUT2D eigenvalue weighted by molar-refractivity contribution is 7.98. The van der Waals surface area contributed by atoms with Gasteiger partial charge in [0.15, 0.2) is 5.96 Å². The first-order chi connectivity index (χ1) is 10.2. The Labute approximate surface area is 130 Å². The minimum atomic E-state index is 0.0748. The quantitative estimate of drug-likeness (QED) is 0.439. The van der Waals surface area contributed by atoms with E-state index in [-0.39, 0.29) is 11.8 Å². The van der Waals surface area contributed by atoms with E-state index >= 15 is 0 Å². The van der Waals surface area contributed by atoms with Crippen molar-refractivity contribution in [2.45, 2.75) is 12.3 Å². The smallest absolute Gasteiger partial charge is 0.225 e. The minimum Gasteiger partial charge on any atom is -0.356 e. The summed E-state index contributed by atoms with van der Waals surface area (Å²) in [5, 5.41) is 9.49. The highest BCUT2D eigenvalue weighted by atomic mass is 32.2. The van der Waals surface area contributed by atoms with E-state index in [9.17, 15) is 4.79 Å². The van der Waals surface area contributed by atoms with E-state index in [1.165, 1.54) is 5.56 Å². The van der Waals surface area contributed by atoms with Crippen molar-refractivity contribution in [2.24, 2.45) is 4.99 Å². The average Bonchev–Trinajstić information content (AvgIpc) is 2.50. The Morgan fingerprint density at radius 2 is 2.24 bits per heavy atom. The number of guanidine groups is 1. The SMILES string of the molecule is CN=C(NCCSC)NCC1CC(=O)Nc2ccccc21. The van der Waals surface area contributed by atoms with E-state index in [0.717, 1.165) is 23.9 Å². The summed E-state index contributed by atoms with van der Waals surface area (Å²) in [6.07, 6.45) is 2.58. The number of rotatable bonds is 5. The number of carbonyl (C=O) groups excluding carboxylic acids is 1. The Balaban J connectivity index is 1.95. The van der Waals surface area contributed by atoms with Crippen LogP contribution in [0.1, 0.15) is 17.9 Å². The molecule has 1 heterocycles. The lowest BCUT2D eigenvalue weighted by Gasteiger charge is -2.26. The molecule has 0 fully saturated rings. The number of nitrogens with zero attached hydrogens (tertiary/aromatic N) is 1. The number of thioether (sulfide) groups is 1. The van der Waals surface area contributed by atoms with Crippen LogP contribution in [0, 0.1) is 0 Å².